The van der Waals surface area contributed by atoms with Gasteiger partial charge in [0.05, 0.1) is 35.9 Å². The van der Waals surface area contributed by atoms with Gasteiger partial charge in [-0.1, -0.05) is 12.8 Å². The number of hydrogen-bond donors (Lipinski definition) is 1. The van der Waals surface area contributed by atoms with E-state index in [1.807, 2.05) is 27.0 Å². The van der Waals surface area contributed by atoms with Gasteiger partial charge in [-0.15, -0.1) is 0 Å². The second-order valence-corrected chi connectivity index (χ2v) is 13.3. The fraction of sp³-hybridized carbons (Fsp3) is 0.828. The number of rotatable bonds is 3. The number of nitrogens with one attached hydrogen (secondary N) is 1. The van der Waals surface area contributed by atoms with Crippen molar-refractivity contribution in [3.05, 3.63) is 11.8 Å². The molecule has 4 heterocycles. The summed E-state index contributed by atoms with van der Waals surface area (Å²) in [6.07, 6.45) is 6.30. The van der Waals surface area contributed by atoms with Crippen LogP contribution < -0.4 is 5.32 Å². The zero-order valence-electron chi connectivity index (χ0n) is 23.4. The molecule has 9 nitrogen and oxygen atoms in total. The highest BCUT2D eigenvalue weighted by Crippen LogP contribution is 2.47. The van der Waals surface area contributed by atoms with Crippen LogP contribution >= 0.6 is 0 Å². The molecular formula is C29H43FN4O5. The summed E-state index contributed by atoms with van der Waals surface area (Å²) >= 11 is 0. The van der Waals surface area contributed by atoms with Crippen LogP contribution in [0.5, 0.6) is 0 Å². The lowest BCUT2D eigenvalue weighted by Crippen LogP contribution is -2.73. The third kappa shape index (κ3) is 5.07. The molecule has 3 saturated heterocycles. The molecule has 0 aromatic heterocycles. The molecule has 6 aliphatic rings. The normalized spacial score (nSPS) is 38.7. The van der Waals surface area contributed by atoms with Crippen molar-refractivity contribution in [2.75, 3.05) is 26.2 Å². The van der Waals surface area contributed by atoms with Crippen molar-refractivity contribution in [1.82, 2.24) is 20.0 Å². The third-order valence-corrected chi connectivity index (χ3v) is 9.53. The van der Waals surface area contributed by atoms with E-state index in [4.69, 9.17) is 9.47 Å². The monoisotopic (exact) mass is 546 g/mol. The topological polar surface area (TPSA) is 91.4 Å². The Bertz CT molecular complexity index is 1020. The minimum absolute atomic E-state index is 0.0423. The zero-order chi connectivity index (χ0) is 27.5. The summed E-state index contributed by atoms with van der Waals surface area (Å²) in [5.74, 6) is -1.00. The molecule has 0 spiro atoms. The molecule has 10 heteroatoms. The zero-order valence-corrected chi connectivity index (χ0v) is 23.4. The molecular weight excluding hydrogens is 503 g/mol. The number of nitrogens with zero attached hydrogens (tertiary/aromatic N) is 3. The number of hydrogen-bond acceptors (Lipinski definition) is 7. The number of carbonyl (C=O) groups is 3. The summed E-state index contributed by atoms with van der Waals surface area (Å²) in [7, 11) is 0. The Morgan fingerprint density at radius 1 is 1.05 bits per heavy atom. The molecule has 8 atom stereocenters. The van der Waals surface area contributed by atoms with Gasteiger partial charge in [0.2, 0.25) is 0 Å². The summed E-state index contributed by atoms with van der Waals surface area (Å²) in [4.78, 5) is 45.7. The summed E-state index contributed by atoms with van der Waals surface area (Å²) in [5, 5.41) is 2.95. The van der Waals surface area contributed by atoms with E-state index in [2.05, 4.69) is 15.1 Å². The number of ketones is 1. The fourth-order valence-electron chi connectivity index (χ4n) is 7.89. The number of Topliss-reactive ketones (excluding diaryl/α,β-unsaturated/α-hetero) is 1. The second kappa shape index (κ2) is 10.3. The predicted octanol–water partition coefficient (Wildman–Crippen LogP) is 2.78. The van der Waals surface area contributed by atoms with Crippen molar-refractivity contribution in [1.29, 1.82) is 0 Å². The van der Waals surface area contributed by atoms with Gasteiger partial charge in [0.25, 0.3) is 5.91 Å². The van der Waals surface area contributed by atoms with Crippen molar-refractivity contribution in [3.8, 4) is 0 Å². The Hall–Kier alpha value is -2.20. The van der Waals surface area contributed by atoms with E-state index in [0.29, 0.717) is 32.6 Å². The number of alkyl halides is 1. The smallest absolute Gasteiger partial charge is 0.407 e. The van der Waals surface area contributed by atoms with Crippen LogP contribution in [0.4, 0.5) is 9.18 Å². The predicted molar refractivity (Wildman–Crippen MR) is 142 cm³/mol. The molecule has 0 aromatic carbocycles. The molecule has 2 aliphatic carbocycles. The maximum absolute atomic E-state index is 16.2. The number of carbonyl (C=O) groups excluding carboxylic acids is 3. The Morgan fingerprint density at radius 2 is 1.79 bits per heavy atom. The second-order valence-electron chi connectivity index (χ2n) is 13.3. The highest BCUT2D eigenvalue weighted by molar-refractivity contribution is 6.20. The van der Waals surface area contributed by atoms with Gasteiger partial charge in [-0.2, -0.15) is 0 Å². The van der Waals surface area contributed by atoms with E-state index in [-0.39, 0.29) is 47.9 Å². The molecule has 0 bridgehead atoms. The van der Waals surface area contributed by atoms with Crippen LogP contribution in [0.2, 0.25) is 0 Å². The number of amides is 2. The van der Waals surface area contributed by atoms with Gasteiger partial charge < -0.3 is 24.6 Å². The molecule has 5 fully saturated rings. The van der Waals surface area contributed by atoms with Crippen LogP contribution in [0.15, 0.2) is 11.8 Å². The SMILES string of the molecule is CC(C)(C)OC(=O)NC1CCN(C2C(F)CC3C(=O)C(C(=O)N4CCCC4)=CN4C5CCCCC5OC2C34)C1. The minimum Gasteiger partial charge on any atom is -0.444 e. The highest BCUT2D eigenvalue weighted by Gasteiger charge is 2.60. The van der Waals surface area contributed by atoms with Crippen LogP contribution in [0.1, 0.15) is 72.1 Å². The number of alkyl carbamates (subject to hydrolysis) is 1. The van der Waals surface area contributed by atoms with Crippen LogP contribution in [0.25, 0.3) is 0 Å². The van der Waals surface area contributed by atoms with E-state index in [0.717, 1.165) is 38.5 Å². The van der Waals surface area contributed by atoms with Crippen LogP contribution in [0, 0.1) is 5.92 Å². The van der Waals surface area contributed by atoms with E-state index < -0.39 is 35.9 Å². The van der Waals surface area contributed by atoms with E-state index >= 15 is 4.39 Å². The van der Waals surface area contributed by atoms with Crippen molar-refractivity contribution < 1.29 is 28.2 Å². The van der Waals surface area contributed by atoms with Gasteiger partial charge in [-0.05, 0) is 59.3 Å². The molecule has 0 radical (unpaired) electrons. The summed E-state index contributed by atoms with van der Waals surface area (Å²) < 4.78 is 28.3. The number of morpholine rings is 1. The maximum atomic E-state index is 16.2. The molecule has 6 rings (SSSR count). The molecule has 4 aliphatic heterocycles. The van der Waals surface area contributed by atoms with Gasteiger partial charge in [0.1, 0.15) is 11.8 Å². The average molecular weight is 547 g/mol. The Morgan fingerprint density at radius 3 is 2.54 bits per heavy atom. The first-order valence-electron chi connectivity index (χ1n) is 15.0. The molecule has 1 N–H and O–H groups in total. The van der Waals surface area contributed by atoms with Crippen molar-refractivity contribution in [2.45, 2.75) is 120 Å². The van der Waals surface area contributed by atoms with E-state index in [1.54, 1.807) is 4.90 Å². The summed E-state index contributed by atoms with van der Waals surface area (Å²) in [6.45, 7) is 7.99. The standard InChI is InChI=1S/C29H43FN4O5/c1-29(2,3)39-28(37)31-17-10-13-33(15-17)24-20(30)14-18-23-26(24)38-22-9-5-4-8-21(22)34(23)16-19(25(18)35)27(36)32-11-6-7-12-32/h16-18,20-24,26H,4-15H2,1-3H3,(H,31,37). The lowest BCUT2D eigenvalue weighted by atomic mass is 9.69. The Balaban J connectivity index is 1.25. The first-order chi connectivity index (χ1) is 18.6. The average Bonchev–Trinajstić information content (AvgIpc) is 3.57. The first-order valence-corrected chi connectivity index (χ1v) is 15.0. The molecule has 2 amide bonds. The van der Waals surface area contributed by atoms with Crippen molar-refractivity contribution in [2.24, 2.45) is 5.92 Å². The molecule has 0 aromatic rings. The molecule has 2 saturated carbocycles. The third-order valence-electron chi connectivity index (χ3n) is 9.53. The Labute approximate surface area is 230 Å². The maximum Gasteiger partial charge on any atom is 0.407 e. The number of fused-ring (bicyclic) bond motifs is 2. The largest absolute Gasteiger partial charge is 0.444 e. The molecule has 39 heavy (non-hydrogen) atoms. The summed E-state index contributed by atoms with van der Waals surface area (Å²) in [5.41, 5.74) is -0.354. The van der Waals surface area contributed by atoms with Crippen LogP contribution in [-0.2, 0) is 19.1 Å². The first kappa shape index (κ1) is 27.0. The van der Waals surface area contributed by atoms with Crippen LogP contribution in [0.3, 0.4) is 0 Å². The Kier molecular flexibility index (Phi) is 7.15. The van der Waals surface area contributed by atoms with E-state index in [9.17, 15) is 14.4 Å². The van der Waals surface area contributed by atoms with Gasteiger partial charge >= 0.3 is 6.09 Å². The lowest BCUT2D eigenvalue weighted by Gasteiger charge is -2.60. The van der Waals surface area contributed by atoms with Crippen molar-refractivity contribution in [3.63, 3.8) is 0 Å². The van der Waals surface area contributed by atoms with E-state index in [1.165, 1.54) is 0 Å². The molecule has 216 valence electrons. The lowest BCUT2D eigenvalue weighted by molar-refractivity contribution is -0.210. The summed E-state index contributed by atoms with van der Waals surface area (Å²) in [6, 6.07) is -0.806. The number of ether oxygens (including phenoxy) is 2. The number of halogens is 1. The van der Waals surface area contributed by atoms with Gasteiger partial charge in [-0.3, -0.25) is 14.5 Å². The van der Waals surface area contributed by atoms with Gasteiger partial charge in [-0.25, -0.2) is 9.18 Å². The quantitative estimate of drug-likeness (QED) is 0.545. The van der Waals surface area contributed by atoms with Crippen LogP contribution in [-0.4, -0.2) is 107 Å². The van der Waals surface area contributed by atoms with Crippen molar-refractivity contribution >= 4 is 17.8 Å². The number of likely N-dealkylation sites (tertiary alicyclic amines) is 2. The molecule has 8 unspecified atom stereocenters. The van der Waals surface area contributed by atoms with Gasteiger partial charge in [0.15, 0.2) is 5.78 Å². The highest BCUT2D eigenvalue weighted by atomic mass is 19.1. The minimum atomic E-state index is -1.26. The fourth-order valence-corrected chi connectivity index (χ4v) is 7.89. The van der Waals surface area contributed by atoms with Gasteiger partial charge in [0, 0.05) is 44.3 Å².